The number of hydrogen-bond acceptors (Lipinski definition) is 0. The standard InChI is InChI=1S/C10H10/c1-2-3-4-7-10-8-5-6-9-10/h2-8H,1H3/b3-2+,7-4+. The molecule has 0 nitrogen and oxygen atoms in total. The van der Waals surface area contributed by atoms with Crippen molar-refractivity contribution in [3.05, 3.63) is 53.8 Å². The molecule has 0 atom stereocenters. The van der Waals surface area contributed by atoms with Gasteiger partial charge in [-0.15, -0.1) is 5.73 Å². The highest BCUT2D eigenvalue weighted by molar-refractivity contribution is 5.38. The van der Waals surface area contributed by atoms with Crippen LogP contribution in [-0.4, -0.2) is 0 Å². The Labute approximate surface area is 61.6 Å². The molecule has 1 aliphatic carbocycles. The molecule has 10 heavy (non-hydrogen) atoms. The maximum Gasteiger partial charge on any atom is 0.0164 e. The van der Waals surface area contributed by atoms with Gasteiger partial charge in [0.1, 0.15) is 0 Å². The van der Waals surface area contributed by atoms with Crippen molar-refractivity contribution in [3.8, 4) is 0 Å². The maximum atomic E-state index is 3.08. The Hall–Kier alpha value is -1.26. The van der Waals surface area contributed by atoms with E-state index in [0.717, 1.165) is 5.57 Å². The predicted molar refractivity (Wildman–Crippen MR) is 44.7 cm³/mol. The number of hydrogen-bond donors (Lipinski definition) is 0. The molecule has 0 aliphatic heterocycles. The van der Waals surface area contributed by atoms with Gasteiger partial charge in [0.2, 0.25) is 0 Å². The van der Waals surface area contributed by atoms with Crippen LogP contribution in [-0.2, 0) is 0 Å². The lowest BCUT2D eigenvalue weighted by molar-refractivity contribution is 1.70. The summed E-state index contributed by atoms with van der Waals surface area (Å²) in [5.41, 5.74) is 4.21. The van der Waals surface area contributed by atoms with Crippen LogP contribution in [0.3, 0.4) is 0 Å². The van der Waals surface area contributed by atoms with E-state index in [1.807, 2.05) is 49.5 Å². The highest BCUT2D eigenvalue weighted by Gasteiger charge is 1.83. The van der Waals surface area contributed by atoms with Gasteiger partial charge in [-0.2, -0.15) is 0 Å². The van der Waals surface area contributed by atoms with Gasteiger partial charge in [0.05, 0.1) is 0 Å². The molecule has 0 fully saturated rings. The van der Waals surface area contributed by atoms with Crippen LogP contribution >= 0.6 is 0 Å². The van der Waals surface area contributed by atoms with Gasteiger partial charge in [-0.3, -0.25) is 0 Å². The summed E-state index contributed by atoms with van der Waals surface area (Å²) in [6.45, 7) is 2.00. The predicted octanol–water partition coefficient (Wildman–Crippen LogP) is 2.77. The van der Waals surface area contributed by atoms with Crippen LogP contribution in [0, 0.1) is 0 Å². The minimum absolute atomic E-state index is 1.14. The molecular weight excluding hydrogens is 120 g/mol. The molecule has 0 amide bonds. The van der Waals surface area contributed by atoms with Gasteiger partial charge in [0.25, 0.3) is 0 Å². The third-order valence-electron chi connectivity index (χ3n) is 1.20. The molecule has 0 aromatic carbocycles. The van der Waals surface area contributed by atoms with Crippen LogP contribution in [0.1, 0.15) is 6.92 Å². The molecule has 0 N–H and O–H groups in total. The Bertz CT molecular complexity index is 243. The Morgan fingerprint density at radius 1 is 1.40 bits per heavy atom. The minimum atomic E-state index is 1.14. The zero-order valence-corrected chi connectivity index (χ0v) is 6.04. The molecule has 0 spiro atoms. The highest BCUT2D eigenvalue weighted by Crippen LogP contribution is 2.02. The first-order chi connectivity index (χ1) is 4.93. The van der Waals surface area contributed by atoms with Gasteiger partial charge >= 0.3 is 0 Å². The summed E-state index contributed by atoms with van der Waals surface area (Å²) < 4.78 is 0. The summed E-state index contributed by atoms with van der Waals surface area (Å²) in [5, 5.41) is 0. The normalized spacial score (nSPS) is 15.9. The lowest BCUT2D eigenvalue weighted by atomic mass is 10.3. The third kappa shape index (κ3) is 1.93. The fourth-order valence-electron chi connectivity index (χ4n) is 0.718. The molecule has 1 rings (SSSR count). The largest absolute Gasteiger partial charge is 0.113 e. The quantitative estimate of drug-likeness (QED) is 0.398. The molecule has 0 aromatic rings. The van der Waals surface area contributed by atoms with E-state index < -0.39 is 0 Å². The van der Waals surface area contributed by atoms with Gasteiger partial charge in [-0.05, 0) is 25.2 Å². The first kappa shape index (κ1) is 6.85. The fraction of sp³-hybridized carbons (Fsp3) is 0.100. The molecule has 0 heteroatoms. The first-order valence-corrected chi connectivity index (χ1v) is 3.36. The smallest absolute Gasteiger partial charge is 0.0164 e. The number of rotatable bonds is 2. The molecule has 0 heterocycles. The molecule has 50 valence electrons. The molecule has 0 bridgehead atoms. The maximum absolute atomic E-state index is 3.08. The second kappa shape index (κ2) is 3.71. The van der Waals surface area contributed by atoms with E-state index in [4.69, 9.17) is 0 Å². The Balaban J connectivity index is 2.54. The van der Waals surface area contributed by atoms with E-state index in [1.165, 1.54) is 0 Å². The molecule has 0 saturated carbocycles. The van der Waals surface area contributed by atoms with Crippen LogP contribution < -0.4 is 0 Å². The van der Waals surface area contributed by atoms with Crippen molar-refractivity contribution in [1.29, 1.82) is 0 Å². The van der Waals surface area contributed by atoms with Crippen molar-refractivity contribution >= 4 is 0 Å². The average Bonchev–Trinajstić information content (AvgIpc) is 2.41. The minimum Gasteiger partial charge on any atom is -0.113 e. The molecule has 0 saturated heterocycles. The van der Waals surface area contributed by atoms with E-state index in [-0.39, 0.29) is 0 Å². The van der Waals surface area contributed by atoms with Crippen LogP contribution in [0.25, 0.3) is 0 Å². The third-order valence-corrected chi connectivity index (χ3v) is 1.20. The fourth-order valence-corrected chi connectivity index (χ4v) is 0.718. The van der Waals surface area contributed by atoms with Gasteiger partial charge in [0, 0.05) is 5.57 Å². The number of allylic oxidation sites excluding steroid dienone is 7. The summed E-state index contributed by atoms with van der Waals surface area (Å²) in [4.78, 5) is 0. The van der Waals surface area contributed by atoms with Gasteiger partial charge in [-0.1, -0.05) is 24.3 Å². The Morgan fingerprint density at radius 3 is 2.90 bits per heavy atom. The summed E-state index contributed by atoms with van der Waals surface area (Å²) in [6.07, 6.45) is 14.0. The zero-order valence-electron chi connectivity index (χ0n) is 6.04. The average molecular weight is 130 g/mol. The van der Waals surface area contributed by atoms with Crippen molar-refractivity contribution in [1.82, 2.24) is 0 Å². The summed E-state index contributed by atoms with van der Waals surface area (Å²) in [6, 6.07) is 0. The monoisotopic (exact) mass is 130 g/mol. The molecular formula is C10H10. The molecule has 1 aliphatic rings. The van der Waals surface area contributed by atoms with Gasteiger partial charge in [0.15, 0.2) is 0 Å². The molecule has 0 unspecified atom stereocenters. The van der Waals surface area contributed by atoms with Gasteiger partial charge in [-0.25, -0.2) is 0 Å². The van der Waals surface area contributed by atoms with Crippen molar-refractivity contribution in [2.45, 2.75) is 6.92 Å². The second-order valence-corrected chi connectivity index (χ2v) is 2.01. The molecule has 0 radical (unpaired) electrons. The highest BCUT2D eigenvalue weighted by atomic mass is 13.9. The van der Waals surface area contributed by atoms with E-state index in [2.05, 4.69) is 5.73 Å². The SMILES string of the molecule is C/C=C/C=C/C1=C=CC=C1. The van der Waals surface area contributed by atoms with Crippen molar-refractivity contribution in [2.75, 3.05) is 0 Å². The van der Waals surface area contributed by atoms with E-state index in [1.54, 1.807) is 0 Å². The van der Waals surface area contributed by atoms with Crippen LogP contribution in [0.4, 0.5) is 0 Å². The second-order valence-electron chi connectivity index (χ2n) is 2.01. The Morgan fingerprint density at radius 2 is 2.30 bits per heavy atom. The van der Waals surface area contributed by atoms with E-state index in [9.17, 15) is 0 Å². The van der Waals surface area contributed by atoms with Crippen LogP contribution in [0.15, 0.2) is 53.8 Å². The van der Waals surface area contributed by atoms with Crippen molar-refractivity contribution in [3.63, 3.8) is 0 Å². The summed E-state index contributed by atoms with van der Waals surface area (Å²) in [7, 11) is 0. The van der Waals surface area contributed by atoms with Gasteiger partial charge < -0.3 is 0 Å². The topological polar surface area (TPSA) is 0 Å². The first-order valence-electron chi connectivity index (χ1n) is 3.36. The zero-order chi connectivity index (χ0) is 7.23. The van der Waals surface area contributed by atoms with E-state index in [0.29, 0.717) is 0 Å². The lowest BCUT2D eigenvalue weighted by Gasteiger charge is -1.79. The van der Waals surface area contributed by atoms with Crippen molar-refractivity contribution in [2.24, 2.45) is 0 Å². The lowest BCUT2D eigenvalue weighted by Crippen LogP contribution is -1.60. The molecule has 0 aromatic heterocycles. The summed E-state index contributed by atoms with van der Waals surface area (Å²) >= 11 is 0. The van der Waals surface area contributed by atoms with Crippen LogP contribution in [0.5, 0.6) is 0 Å². The van der Waals surface area contributed by atoms with Crippen molar-refractivity contribution < 1.29 is 0 Å². The Kier molecular flexibility index (Phi) is 2.54. The summed E-state index contributed by atoms with van der Waals surface area (Å²) in [5.74, 6) is 0. The van der Waals surface area contributed by atoms with Crippen LogP contribution in [0.2, 0.25) is 0 Å². The van der Waals surface area contributed by atoms with E-state index >= 15 is 0 Å².